The van der Waals surface area contributed by atoms with Crippen LogP contribution in [0.1, 0.15) is 105 Å². The minimum Gasteiger partial charge on any atom is -0.495 e. The third-order valence-corrected chi connectivity index (χ3v) is 14.9. The van der Waals surface area contributed by atoms with Gasteiger partial charge in [-0.25, -0.2) is 0 Å². The van der Waals surface area contributed by atoms with Gasteiger partial charge in [0.1, 0.15) is 5.75 Å². The molecule has 2 N–H and O–H groups in total. The van der Waals surface area contributed by atoms with Crippen LogP contribution >= 0.6 is 0 Å². The van der Waals surface area contributed by atoms with Crippen molar-refractivity contribution >= 4 is 16.9 Å². The highest BCUT2D eigenvalue weighted by Crippen LogP contribution is 2.75. The maximum atomic E-state index is 13.0. The predicted octanol–water partition coefficient (Wildman–Crippen LogP) is 8.93. The number of fused-ring (bicyclic) bond motifs is 10. The normalized spacial score (nSPS) is 44.5. The fourth-order valence-corrected chi connectivity index (χ4v) is 12.4. The molecule has 1 aromatic carbocycles. The molecule has 4 heteroatoms. The first kappa shape index (κ1) is 27.6. The Hall–Kier alpha value is -2.23. The van der Waals surface area contributed by atoms with Gasteiger partial charge in [0.25, 0.3) is 0 Å². The Bertz CT molecular complexity index is 1470. The summed E-state index contributed by atoms with van der Waals surface area (Å²) in [7, 11) is 1.77. The lowest BCUT2D eigenvalue weighted by Gasteiger charge is -2.70. The number of rotatable bonds is 2. The standard InChI is InChI=1S/C37H51NO3/c1-21-14-17-37(32(39)40)19-18-35(6)25(29(37)22(21)2)12-13-28-34(5)20-24-23-10-9-11-26(41-8)30(23)38-31(24)33(3,4)27(34)15-16-36(28,35)7/h9-12,21-22,27-29,38H,13-20H2,1-8H3,(H,39,40)/t21-,22+,27+,28-,29+,34+,35-,36-,37+/m1/s1. The molecule has 0 saturated heterocycles. The lowest BCUT2D eigenvalue weighted by molar-refractivity contribution is -0.179. The first-order chi connectivity index (χ1) is 19.3. The predicted molar refractivity (Wildman–Crippen MR) is 165 cm³/mol. The number of aromatic nitrogens is 1. The number of H-pyrrole nitrogens is 1. The Morgan fingerprint density at radius 1 is 1.00 bits per heavy atom. The van der Waals surface area contributed by atoms with Crippen LogP contribution in [0.4, 0.5) is 0 Å². The Morgan fingerprint density at radius 3 is 2.46 bits per heavy atom. The molecule has 5 aliphatic rings. The molecule has 1 aromatic heterocycles. The first-order valence-electron chi connectivity index (χ1n) is 16.4. The molecule has 1 heterocycles. The molecule has 5 aliphatic carbocycles. The van der Waals surface area contributed by atoms with E-state index in [9.17, 15) is 9.90 Å². The van der Waals surface area contributed by atoms with Gasteiger partial charge in [-0.1, -0.05) is 72.2 Å². The molecule has 9 atom stereocenters. The quantitative estimate of drug-likeness (QED) is 0.362. The number of aliphatic carboxylic acids is 1. The minimum atomic E-state index is -0.577. The van der Waals surface area contributed by atoms with Gasteiger partial charge in [0, 0.05) is 16.5 Å². The van der Waals surface area contributed by atoms with Crippen molar-refractivity contribution in [3.8, 4) is 5.75 Å². The number of hydrogen-bond acceptors (Lipinski definition) is 2. The smallest absolute Gasteiger partial charge is 0.310 e. The zero-order chi connectivity index (χ0) is 29.3. The van der Waals surface area contributed by atoms with E-state index < -0.39 is 11.4 Å². The molecule has 0 radical (unpaired) electrons. The average molecular weight is 558 g/mol. The third-order valence-electron chi connectivity index (χ3n) is 14.9. The van der Waals surface area contributed by atoms with Crippen LogP contribution in [0.25, 0.3) is 10.9 Å². The van der Waals surface area contributed by atoms with Gasteiger partial charge in [-0.15, -0.1) is 0 Å². The Labute approximate surface area is 246 Å². The molecule has 0 aliphatic heterocycles. The van der Waals surface area contributed by atoms with Gasteiger partial charge in [-0.2, -0.15) is 0 Å². The van der Waals surface area contributed by atoms with E-state index in [4.69, 9.17) is 4.74 Å². The minimum absolute atomic E-state index is 0.0386. The number of allylic oxidation sites excluding steroid dienone is 2. The van der Waals surface area contributed by atoms with E-state index in [1.165, 1.54) is 35.1 Å². The molecule has 222 valence electrons. The van der Waals surface area contributed by atoms with E-state index >= 15 is 0 Å². The highest BCUT2D eigenvalue weighted by atomic mass is 16.5. The fourth-order valence-electron chi connectivity index (χ4n) is 12.4. The number of aromatic amines is 1. The number of carbonyl (C=O) groups is 1. The summed E-state index contributed by atoms with van der Waals surface area (Å²) in [5, 5.41) is 12.0. The number of benzene rings is 1. The van der Waals surface area contributed by atoms with E-state index in [-0.39, 0.29) is 27.6 Å². The number of hydrogen-bond donors (Lipinski definition) is 2. The fraction of sp³-hybridized carbons (Fsp3) is 0.703. The van der Waals surface area contributed by atoms with Gasteiger partial charge in [0.15, 0.2) is 0 Å². The van der Waals surface area contributed by atoms with Gasteiger partial charge < -0.3 is 14.8 Å². The van der Waals surface area contributed by atoms with E-state index in [2.05, 4.69) is 77.7 Å². The van der Waals surface area contributed by atoms with Crippen molar-refractivity contribution in [1.82, 2.24) is 4.98 Å². The Morgan fingerprint density at radius 2 is 1.76 bits per heavy atom. The van der Waals surface area contributed by atoms with Crippen molar-refractivity contribution in [3.05, 3.63) is 41.1 Å². The highest BCUT2D eigenvalue weighted by molar-refractivity contribution is 5.90. The zero-order valence-corrected chi connectivity index (χ0v) is 26.6. The van der Waals surface area contributed by atoms with E-state index in [1.807, 2.05) is 0 Å². The van der Waals surface area contributed by atoms with Crippen molar-refractivity contribution in [2.24, 2.45) is 51.2 Å². The lowest BCUT2D eigenvalue weighted by Crippen LogP contribution is -2.65. The highest BCUT2D eigenvalue weighted by Gasteiger charge is 2.69. The molecule has 4 nitrogen and oxygen atoms in total. The van der Waals surface area contributed by atoms with E-state index in [1.54, 1.807) is 7.11 Å². The third kappa shape index (κ3) is 3.15. The van der Waals surface area contributed by atoms with Crippen LogP contribution in [0.3, 0.4) is 0 Å². The molecular weight excluding hydrogens is 506 g/mol. The number of methoxy groups -OCH3 is 1. The summed E-state index contributed by atoms with van der Waals surface area (Å²) in [6.45, 7) is 17.5. The van der Waals surface area contributed by atoms with E-state index in [0.717, 1.165) is 49.8 Å². The van der Waals surface area contributed by atoms with Crippen LogP contribution in [-0.2, 0) is 16.6 Å². The molecule has 3 fully saturated rings. The maximum absolute atomic E-state index is 13.0. The number of carboxylic acids is 1. The van der Waals surface area contributed by atoms with Gasteiger partial charge in [-0.05, 0) is 109 Å². The largest absolute Gasteiger partial charge is 0.495 e. The summed E-state index contributed by atoms with van der Waals surface area (Å²) in [4.78, 5) is 16.9. The average Bonchev–Trinajstić information content (AvgIpc) is 3.30. The number of nitrogens with one attached hydrogen (secondary N) is 1. The summed E-state index contributed by atoms with van der Waals surface area (Å²) >= 11 is 0. The summed E-state index contributed by atoms with van der Waals surface area (Å²) in [5.74, 6) is 2.71. The molecule has 0 amide bonds. The second kappa shape index (κ2) is 8.44. The Balaban J connectivity index is 1.37. The molecule has 0 unspecified atom stereocenters. The van der Waals surface area contributed by atoms with Crippen LogP contribution in [0.15, 0.2) is 29.8 Å². The van der Waals surface area contributed by atoms with Gasteiger partial charge in [-0.3, -0.25) is 4.79 Å². The van der Waals surface area contributed by atoms with Gasteiger partial charge >= 0.3 is 5.97 Å². The van der Waals surface area contributed by atoms with E-state index in [0.29, 0.717) is 23.7 Å². The van der Waals surface area contributed by atoms with Crippen molar-refractivity contribution in [2.45, 2.75) is 105 Å². The zero-order valence-electron chi connectivity index (χ0n) is 26.6. The monoisotopic (exact) mass is 557 g/mol. The number of ether oxygens (including phenoxy) is 1. The van der Waals surface area contributed by atoms with Gasteiger partial charge in [0.2, 0.25) is 0 Å². The molecule has 3 saturated carbocycles. The summed E-state index contributed by atoms with van der Waals surface area (Å²) in [6.07, 6.45) is 11.0. The second-order valence-electron chi connectivity index (χ2n) is 16.4. The second-order valence-corrected chi connectivity index (χ2v) is 16.4. The topological polar surface area (TPSA) is 62.3 Å². The maximum Gasteiger partial charge on any atom is 0.310 e. The first-order valence-corrected chi connectivity index (χ1v) is 16.4. The van der Waals surface area contributed by atoms with Crippen molar-refractivity contribution < 1.29 is 14.6 Å². The molecule has 2 aromatic rings. The molecule has 7 rings (SSSR count). The molecule has 0 bridgehead atoms. The van der Waals surface area contributed by atoms with Crippen molar-refractivity contribution in [1.29, 1.82) is 0 Å². The Kier molecular flexibility index (Phi) is 5.68. The van der Waals surface area contributed by atoms with Crippen LogP contribution in [0, 0.1) is 51.2 Å². The summed E-state index contributed by atoms with van der Waals surface area (Å²) < 4.78 is 5.80. The molecular formula is C37H51NO3. The van der Waals surface area contributed by atoms with Crippen LogP contribution in [0.2, 0.25) is 0 Å². The summed E-state index contributed by atoms with van der Waals surface area (Å²) in [6, 6.07) is 6.50. The van der Waals surface area contributed by atoms with Crippen LogP contribution in [0.5, 0.6) is 5.75 Å². The van der Waals surface area contributed by atoms with Crippen molar-refractivity contribution in [3.63, 3.8) is 0 Å². The summed E-state index contributed by atoms with van der Waals surface area (Å²) in [5.41, 5.74) is 5.41. The number of para-hydroxylation sites is 1. The van der Waals surface area contributed by atoms with Crippen LogP contribution in [-0.4, -0.2) is 23.2 Å². The lowest BCUT2D eigenvalue weighted by atomic mass is 9.33. The number of carboxylic acid groups (broad SMARTS) is 1. The van der Waals surface area contributed by atoms with Crippen LogP contribution < -0.4 is 4.74 Å². The molecule has 0 spiro atoms. The van der Waals surface area contributed by atoms with Crippen molar-refractivity contribution in [2.75, 3.05) is 7.11 Å². The molecule has 41 heavy (non-hydrogen) atoms. The van der Waals surface area contributed by atoms with Gasteiger partial charge in [0.05, 0.1) is 18.0 Å². The SMILES string of the molecule is COc1cccc2c3c([nH]c12)C(C)(C)[C@@H]1CC[C@]2(C)[C@H](CC=C4[C@@H]5[C@@H](C)[C@H](C)CC[C@]5(C(=O)O)CC[C@]42C)[C@@]1(C)C3.